The molecule has 0 aromatic rings. The van der Waals surface area contributed by atoms with E-state index in [1.165, 1.54) is 0 Å². The Balaban J connectivity index is 2.29. The largest absolute Gasteiger partial charge is 0.465 e. The molecule has 1 aliphatic carbocycles. The van der Waals surface area contributed by atoms with Crippen LogP contribution in [0, 0.1) is 0 Å². The van der Waals surface area contributed by atoms with Crippen LogP contribution in [0.1, 0.15) is 0 Å². The third kappa shape index (κ3) is 2.39. The molecule has 1 heterocycles. The molecule has 20 heavy (non-hydrogen) atoms. The summed E-state index contributed by atoms with van der Waals surface area (Å²) in [5, 5.41) is -0.124. The van der Waals surface area contributed by atoms with Crippen LogP contribution in [-0.2, 0) is 14.3 Å². The van der Waals surface area contributed by atoms with E-state index in [2.05, 4.69) is 15.9 Å². The van der Waals surface area contributed by atoms with Gasteiger partial charge in [-0.1, -0.05) is 22.0 Å². The molecule has 0 bridgehead atoms. The van der Waals surface area contributed by atoms with E-state index in [1.54, 1.807) is 0 Å². The quantitative estimate of drug-likeness (QED) is 0.575. The van der Waals surface area contributed by atoms with Crippen LogP contribution >= 0.6 is 15.9 Å². The predicted molar refractivity (Wildman–Crippen MR) is 64.3 cm³/mol. The van der Waals surface area contributed by atoms with E-state index in [0.29, 0.717) is 0 Å². The number of allylic oxidation sites excluding steroid dienone is 5. The highest BCUT2D eigenvalue weighted by atomic mass is 79.9. The van der Waals surface area contributed by atoms with Crippen molar-refractivity contribution in [1.82, 2.24) is 0 Å². The van der Waals surface area contributed by atoms with Crippen molar-refractivity contribution in [2.45, 2.75) is 11.8 Å². The fraction of sp³-hybridized carbons (Fsp3) is 0.250. The van der Waals surface area contributed by atoms with Gasteiger partial charge in [-0.2, -0.15) is 17.6 Å². The number of halogens is 5. The van der Waals surface area contributed by atoms with Gasteiger partial charge in [0.15, 0.2) is 5.76 Å². The standard InChI is InChI=1S/C12H7BrF4O3/c13-4-8(18)10-6-19-5-9(20-10)7-2-1-3-11(14,15)12(7,16)17/h1-3,5-6H,4H2. The fourth-order valence-electron chi connectivity index (χ4n) is 1.52. The molecule has 3 nitrogen and oxygen atoms in total. The average molecular weight is 355 g/mol. The van der Waals surface area contributed by atoms with Crippen LogP contribution in [0.5, 0.6) is 0 Å². The molecule has 0 unspecified atom stereocenters. The summed E-state index contributed by atoms with van der Waals surface area (Å²) in [6.07, 6.45) is 3.32. The summed E-state index contributed by atoms with van der Waals surface area (Å²) in [4.78, 5) is 11.4. The van der Waals surface area contributed by atoms with E-state index in [1.807, 2.05) is 0 Å². The number of ketones is 1. The van der Waals surface area contributed by atoms with Gasteiger partial charge < -0.3 is 9.47 Å². The predicted octanol–water partition coefficient (Wildman–Crippen LogP) is 3.45. The van der Waals surface area contributed by atoms with Crippen molar-refractivity contribution >= 4 is 21.7 Å². The van der Waals surface area contributed by atoms with Crippen LogP contribution < -0.4 is 0 Å². The molecule has 0 radical (unpaired) electrons. The minimum Gasteiger partial charge on any atom is -0.465 e. The molecule has 0 fully saturated rings. The Morgan fingerprint density at radius 1 is 1.25 bits per heavy atom. The fourth-order valence-corrected chi connectivity index (χ4v) is 1.80. The van der Waals surface area contributed by atoms with E-state index in [0.717, 1.165) is 24.7 Å². The number of hydrogen-bond acceptors (Lipinski definition) is 3. The first kappa shape index (κ1) is 14.8. The van der Waals surface area contributed by atoms with Crippen LogP contribution in [0.15, 0.2) is 47.8 Å². The molecule has 0 saturated heterocycles. The Morgan fingerprint density at radius 3 is 2.60 bits per heavy atom. The van der Waals surface area contributed by atoms with Gasteiger partial charge in [0.2, 0.25) is 11.5 Å². The number of ether oxygens (including phenoxy) is 2. The topological polar surface area (TPSA) is 35.5 Å². The van der Waals surface area contributed by atoms with Crippen molar-refractivity contribution in [3.8, 4) is 0 Å². The van der Waals surface area contributed by atoms with Gasteiger partial charge in [0.05, 0.1) is 10.9 Å². The summed E-state index contributed by atoms with van der Waals surface area (Å²) in [6, 6.07) is 0. The monoisotopic (exact) mass is 354 g/mol. The first-order valence-corrected chi connectivity index (χ1v) is 6.40. The molecular weight excluding hydrogens is 348 g/mol. The Hall–Kier alpha value is -1.57. The molecule has 0 amide bonds. The van der Waals surface area contributed by atoms with Crippen molar-refractivity contribution in [2.24, 2.45) is 0 Å². The van der Waals surface area contributed by atoms with Crippen LogP contribution in [0.2, 0.25) is 0 Å². The number of hydrogen-bond donors (Lipinski definition) is 0. The summed E-state index contributed by atoms with van der Waals surface area (Å²) in [5.41, 5.74) is -1.06. The van der Waals surface area contributed by atoms with Crippen LogP contribution in [0.25, 0.3) is 0 Å². The Kier molecular flexibility index (Phi) is 3.77. The second kappa shape index (κ2) is 5.08. The molecular formula is C12H7BrF4O3. The molecule has 0 spiro atoms. The highest BCUT2D eigenvalue weighted by Gasteiger charge is 2.59. The molecule has 2 aliphatic rings. The highest BCUT2D eigenvalue weighted by Crippen LogP contribution is 2.46. The van der Waals surface area contributed by atoms with Crippen molar-refractivity contribution in [3.05, 3.63) is 47.8 Å². The molecule has 1 aliphatic heterocycles. The molecule has 8 heteroatoms. The van der Waals surface area contributed by atoms with Gasteiger partial charge in [-0.15, -0.1) is 0 Å². The van der Waals surface area contributed by atoms with E-state index in [-0.39, 0.29) is 17.2 Å². The van der Waals surface area contributed by atoms with E-state index >= 15 is 0 Å². The number of alkyl halides is 5. The number of carbonyl (C=O) groups is 1. The molecule has 0 atom stereocenters. The van der Waals surface area contributed by atoms with Crippen LogP contribution in [0.3, 0.4) is 0 Å². The lowest BCUT2D eigenvalue weighted by atomic mass is 9.95. The molecule has 0 N–H and O–H groups in total. The van der Waals surface area contributed by atoms with Crippen LogP contribution in [0.4, 0.5) is 17.6 Å². The van der Waals surface area contributed by atoms with Crippen molar-refractivity contribution in [3.63, 3.8) is 0 Å². The summed E-state index contributed by atoms with van der Waals surface area (Å²) >= 11 is 2.87. The molecule has 0 aromatic heterocycles. The highest BCUT2D eigenvalue weighted by molar-refractivity contribution is 9.09. The lowest BCUT2D eigenvalue weighted by molar-refractivity contribution is -0.156. The Labute approximate surface area is 119 Å². The normalized spacial score (nSPS) is 22.9. The van der Waals surface area contributed by atoms with E-state index in [9.17, 15) is 22.4 Å². The Bertz CT molecular complexity index is 561. The Morgan fingerprint density at radius 2 is 1.95 bits per heavy atom. The van der Waals surface area contributed by atoms with Gasteiger partial charge in [-0.25, -0.2) is 0 Å². The summed E-state index contributed by atoms with van der Waals surface area (Å²) < 4.78 is 63.4. The maximum absolute atomic E-state index is 13.7. The molecule has 108 valence electrons. The van der Waals surface area contributed by atoms with Gasteiger partial charge in [0.1, 0.15) is 12.5 Å². The second-order valence-corrected chi connectivity index (χ2v) is 4.46. The second-order valence-electron chi connectivity index (χ2n) is 3.90. The van der Waals surface area contributed by atoms with Gasteiger partial charge in [0.25, 0.3) is 0 Å². The minimum absolute atomic E-state index is 0.0983. The van der Waals surface area contributed by atoms with Gasteiger partial charge >= 0.3 is 11.8 Å². The third-order valence-corrected chi connectivity index (χ3v) is 3.07. The van der Waals surface area contributed by atoms with Gasteiger partial charge in [-0.05, 0) is 12.2 Å². The summed E-state index contributed by atoms with van der Waals surface area (Å²) in [6.45, 7) is 0. The first-order chi connectivity index (χ1) is 9.29. The van der Waals surface area contributed by atoms with Crippen molar-refractivity contribution in [1.29, 1.82) is 0 Å². The lowest BCUT2D eigenvalue weighted by Crippen LogP contribution is -2.42. The lowest BCUT2D eigenvalue weighted by Gasteiger charge is -2.30. The summed E-state index contributed by atoms with van der Waals surface area (Å²) in [5.74, 6) is -10.4. The van der Waals surface area contributed by atoms with E-state index in [4.69, 9.17) is 9.47 Å². The number of Topliss-reactive ketones (excluding diaryl/α,β-unsaturated/α-hetero) is 1. The van der Waals surface area contributed by atoms with Gasteiger partial charge in [-0.3, -0.25) is 4.79 Å². The zero-order valence-electron chi connectivity index (χ0n) is 9.71. The van der Waals surface area contributed by atoms with Crippen molar-refractivity contribution in [2.75, 3.05) is 5.33 Å². The summed E-state index contributed by atoms with van der Waals surface area (Å²) in [7, 11) is 0. The molecule has 0 aromatic carbocycles. The molecule has 2 rings (SSSR count). The van der Waals surface area contributed by atoms with Crippen LogP contribution in [-0.4, -0.2) is 23.0 Å². The van der Waals surface area contributed by atoms with Gasteiger partial charge in [0, 0.05) is 0 Å². The maximum Gasteiger partial charge on any atom is 0.342 e. The zero-order chi connectivity index (χ0) is 15.0. The molecule has 0 saturated carbocycles. The SMILES string of the molecule is O=C(CBr)C1=COC=C(C2=CC=CC(F)(F)C2(F)F)O1. The zero-order valence-corrected chi connectivity index (χ0v) is 11.3. The van der Waals surface area contributed by atoms with Crippen molar-refractivity contribution < 1.29 is 31.8 Å². The van der Waals surface area contributed by atoms with E-state index < -0.39 is 29.0 Å². The number of rotatable bonds is 3. The minimum atomic E-state index is -4.46. The maximum atomic E-state index is 13.7. The number of carbonyl (C=O) groups excluding carboxylic acids is 1. The third-order valence-electron chi connectivity index (χ3n) is 2.56. The smallest absolute Gasteiger partial charge is 0.342 e. The average Bonchev–Trinajstić information content (AvgIpc) is 2.41. The first-order valence-electron chi connectivity index (χ1n) is 5.28.